The molecule has 0 heterocycles. The van der Waals surface area contributed by atoms with E-state index in [1.807, 2.05) is 0 Å². The van der Waals surface area contributed by atoms with E-state index in [0.717, 1.165) is 4.90 Å². The Morgan fingerprint density at radius 1 is 1.24 bits per heavy atom. The van der Waals surface area contributed by atoms with Gasteiger partial charge >= 0.3 is 5.97 Å². The standard InChI is InChI=1S/C9H17N2O5.Fm/c10-1-3-15-5-6-16-4-2-11(8-12)7-9(13)14;/h1-7,10H2,(H,13,14);/q-1;. The minimum Gasteiger partial charge on any atom is -0.520 e. The normalized spacial score (nSPS) is 9.47. The molecule has 0 aromatic rings. The average molecular weight is 490 g/mol. The molecule has 0 radical (unpaired) electrons. The van der Waals surface area contributed by atoms with Crippen molar-refractivity contribution in [3.05, 3.63) is 0 Å². The van der Waals surface area contributed by atoms with Crippen molar-refractivity contribution in [3.8, 4) is 0 Å². The number of rotatable bonds is 11. The van der Waals surface area contributed by atoms with Crippen LogP contribution in [0.1, 0.15) is 0 Å². The number of carboxylic acid groups (broad SMARTS) is 1. The number of hydrogen-bond donors (Lipinski definition) is 2. The molecule has 8 heteroatoms. The van der Waals surface area contributed by atoms with Crippen LogP contribution in [0.5, 0.6) is 0 Å². The maximum Gasteiger partial charge on any atom is 0.320 e. The number of ether oxygens (including phenoxy) is 2. The van der Waals surface area contributed by atoms with Gasteiger partial charge in [-0.1, -0.05) is 0 Å². The van der Waals surface area contributed by atoms with Gasteiger partial charge < -0.3 is 30.0 Å². The van der Waals surface area contributed by atoms with Gasteiger partial charge in [-0.05, 0) is 0 Å². The Balaban J connectivity index is 0. The number of nitrogens with two attached hydrogens (primary N) is 1. The van der Waals surface area contributed by atoms with Crippen LogP contribution in [0.25, 0.3) is 0 Å². The average Bonchev–Trinajstić information content (AvgIpc) is 2.25. The van der Waals surface area contributed by atoms with Gasteiger partial charge in [0, 0.05) is 13.1 Å². The molecule has 106 valence electrons. The second-order valence-electron chi connectivity index (χ2n) is 2.92. The molecule has 0 unspecified atom stereocenters. The van der Waals surface area contributed by atoms with Crippen LogP contribution >= 0.6 is 0 Å². The van der Waals surface area contributed by atoms with Gasteiger partial charge in [-0.2, -0.15) is 6.41 Å². The zero-order valence-corrected chi connectivity index (χ0v) is 11.7. The molecule has 0 aromatic heterocycles. The molecule has 0 atom stereocenters. The number of carboxylic acids is 1. The summed E-state index contributed by atoms with van der Waals surface area (Å²) in [6.07, 6.45) is 1.52. The Morgan fingerprint density at radius 3 is 2.29 bits per heavy atom. The summed E-state index contributed by atoms with van der Waals surface area (Å²) in [6.45, 7) is 1.86. The predicted molar refractivity (Wildman–Crippen MR) is 55.6 cm³/mol. The quantitative estimate of drug-likeness (QED) is 0.206. The van der Waals surface area contributed by atoms with Gasteiger partial charge in [0.2, 0.25) is 0 Å². The van der Waals surface area contributed by atoms with E-state index in [1.54, 1.807) is 0 Å². The van der Waals surface area contributed by atoms with E-state index < -0.39 is 5.97 Å². The van der Waals surface area contributed by atoms with Gasteiger partial charge in [-0.25, -0.2) is 0 Å². The van der Waals surface area contributed by atoms with Crippen molar-refractivity contribution in [2.24, 2.45) is 5.73 Å². The summed E-state index contributed by atoms with van der Waals surface area (Å²) in [5, 5.41) is 8.42. The maximum absolute atomic E-state index is 10.3. The summed E-state index contributed by atoms with van der Waals surface area (Å²) in [7, 11) is 0. The summed E-state index contributed by atoms with van der Waals surface area (Å²) in [4.78, 5) is 21.6. The fraction of sp³-hybridized carbons (Fsp3) is 0.778. The Bertz CT molecular complexity index is 206. The molecule has 7 nitrogen and oxygen atoms in total. The van der Waals surface area contributed by atoms with E-state index in [2.05, 4.69) is 0 Å². The molecular weight excluding hydrogens is 473 g/mol. The summed E-state index contributed by atoms with van der Waals surface area (Å²) in [6, 6.07) is 0. The van der Waals surface area contributed by atoms with Crippen molar-refractivity contribution in [1.82, 2.24) is 4.90 Å². The molecule has 17 heavy (non-hydrogen) atoms. The Hall–Kier alpha value is -2.18. The molecule has 0 spiro atoms. The predicted octanol–water partition coefficient (Wildman–Crippen LogP) is -1.57. The van der Waals surface area contributed by atoms with E-state index in [-0.39, 0.29) is 19.7 Å². The van der Waals surface area contributed by atoms with Crippen molar-refractivity contribution >= 4 is 12.4 Å². The van der Waals surface area contributed by atoms with Gasteiger partial charge in [-0.3, -0.25) is 4.79 Å². The van der Waals surface area contributed by atoms with Crippen molar-refractivity contribution < 1.29 is 24.2 Å². The molecule has 0 saturated carbocycles. The molecule has 0 rings (SSSR count). The van der Waals surface area contributed by atoms with Crippen LogP contribution in [-0.2, 0) is 19.1 Å². The Morgan fingerprint density at radius 2 is 1.82 bits per heavy atom. The van der Waals surface area contributed by atoms with Gasteiger partial charge in [0.25, 0.3) is 0 Å². The van der Waals surface area contributed by atoms with Crippen LogP contribution in [0, 0.1) is 0 Å². The number of aliphatic carboxylic acids is 1. The molecule has 0 aliphatic carbocycles. The van der Waals surface area contributed by atoms with E-state index in [4.69, 9.17) is 20.3 Å². The van der Waals surface area contributed by atoms with Crippen LogP contribution < -0.4 is 5.73 Å². The monoisotopic (exact) mass is 490 g/mol. The van der Waals surface area contributed by atoms with Crippen LogP contribution in [-0.4, -0.2) is 68.4 Å². The molecule has 0 bridgehead atoms. The second-order valence-corrected chi connectivity index (χ2v) is 2.92. The molecule has 0 aliphatic rings. The molecule has 3 N–H and O–H groups in total. The molecule has 0 fully saturated rings. The van der Waals surface area contributed by atoms with Crippen LogP contribution in [0.3, 0.4) is 0 Å². The van der Waals surface area contributed by atoms with E-state index >= 15 is 0 Å². The number of carbonyl (C=O) groups is 1. The van der Waals surface area contributed by atoms with Crippen LogP contribution in [0.4, 0.5) is 0 Å². The van der Waals surface area contributed by atoms with Crippen LogP contribution in [0.2, 0.25) is 0 Å². The van der Waals surface area contributed by atoms with Crippen LogP contribution in [0.15, 0.2) is 0 Å². The summed E-state index contributed by atoms with van der Waals surface area (Å²) < 4.78 is 10.2. The SMILES string of the molecule is NCCOCCOCCN([C-]=O)CC(=O)O.[Fm]. The zero-order valence-electron chi connectivity index (χ0n) is 9.34. The first-order valence-corrected chi connectivity index (χ1v) is 4.90. The molecule has 1 amide bonds. The minimum atomic E-state index is -1.07. The van der Waals surface area contributed by atoms with Crippen molar-refractivity contribution in [2.45, 2.75) is 0 Å². The Labute approximate surface area is 94.1 Å². The van der Waals surface area contributed by atoms with Gasteiger partial charge in [0.1, 0.15) is 0 Å². The molecular formula is C9H17FmN2O5-. The number of hydrogen-bond acceptors (Lipinski definition) is 5. The number of carbonyl (C=O) groups excluding carboxylic acids is 1. The molecule has 0 aromatic carbocycles. The summed E-state index contributed by atoms with van der Waals surface area (Å²) in [5.41, 5.74) is 5.20. The van der Waals surface area contributed by atoms with Crippen molar-refractivity contribution in [2.75, 3.05) is 46.1 Å². The van der Waals surface area contributed by atoms with E-state index in [1.165, 1.54) is 6.41 Å². The third-order valence-electron chi connectivity index (χ3n) is 1.59. The first kappa shape index (κ1) is 17.2. The maximum atomic E-state index is 10.3. The van der Waals surface area contributed by atoms with Crippen molar-refractivity contribution in [3.63, 3.8) is 0 Å². The fourth-order valence-electron chi connectivity index (χ4n) is 0.900. The third kappa shape index (κ3) is 11.7. The first-order chi connectivity index (χ1) is 7.70. The summed E-state index contributed by atoms with van der Waals surface area (Å²) in [5.74, 6) is -1.07. The first-order valence-electron chi connectivity index (χ1n) is 4.90. The smallest absolute Gasteiger partial charge is 0.320 e. The van der Waals surface area contributed by atoms with E-state index in [0.29, 0.717) is 26.4 Å². The minimum absolute atomic E-state index is 0. The molecule has 0 saturated heterocycles. The number of amides is 1. The third-order valence-corrected chi connectivity index (χ3v) is 1.59. The second kappa shape index (κ2) is 11.9. The van der Waals surface area contributed by atoms with E-state index in [9.17, 15) is 9.59 Å². The van der Waals surface area contributed by atoms with Gasteiger partial charge in [-0.15, -0.1) is 0 Å². The van der Waals surface area contributed by atoms with Gasteiger partial charge in [0.15, 0.2) is 0 Å². The zero-order chi connectivity index (χ0) is 12.2. The molecule has 0 aliphatic heterocycles. The topological polar surface area (TPSA) is 102 Å². The van der Waals surface area contributed by atoms with Gasteiger partial charge in [0.05, 0.1) is 33.0 Å². The Kier molecular flexibility index (Phi) is 12.0. The summed E-state index contributed by atoms with van der Waals surface area (Å²) >= 11 is 0. The van der Waals surface area contributed by atoms with Crippen molar-refractivity contribution in [1.29, 1.82) is 0 Å². The largest absolute Gasteiger partial charge is 0.520 e. The fourth-order valence-corrected chi connectivity index (χ4v) is 0.900. The number of nitrogens with zero attached hydrogens (tertiary/aromatic N) is 1.